The highest BCUT2D eigenvalue weighted by Crippen LogP contribution is 2.18. The van der Waals surface area contributed by atoms with Crippen LogP contribution in [0, 0.1) is 5.82 Å². The van der Waals surface area contributed by atoms with Gasteiger partial charge in [0.05, 0.1) is 11.3 Å². The molecule has 3 aromatic rings. The summed E-state index contributed by atoms with van der Waals surface area (Å²) in [4.78, 5) is 12.6. The van der Waals surface area contributed by atoms with Gasteiger partial charge in [-0.15, -0.1) is 0 Å². The van der Waals surface area contributed by atoms with E-state index in [1.165, 1.54) is 12.1 Å². The minimum atomic E-state index is -0.466. The van der Waals surface area contributed by atoms with Crippen LogP contribution in [0.1, 0.15) is 10.4 Å². The Hall–Kier alpha value is -3.45. The molecule has 0 aliphatic heterocycles. The van der Waals surface area contributed by atoms with Crippen molar-refractivity contribution in [3.05, 3.63) is 90.2 Å². The molecule has 0 heterocycles. The van der Waals surface area contributed by atoms with Crippen LogP contribution in [-0.4, -0.2) is 24.2 Å². The average Bonchev–Trinajstić information content (AvgIpc) is 2.74. The molecule has 148 valence electrons. The highest BCUT2D eigenvalue weighted by atomic mass is 32.1. The molecule has 0 bridgehead atoms. The maximum Gasteiger partial charge on any atom is 0.261 e. The predicted octanol–water partition coefficient (Wildman–Crippen LogP) is 4.41. The minimum Gasteiger partial charge on any atom is -0.490 e. The Morgan fingerprint density at radius 1 is 0.862 bits per heavy atom. The molecule has 0 spiro atoms. The van der Waals surface area contributed by atoms with Crippen molar-refractivity contribution in [3.8, 4) is 11.5 Å². The summed E-state index contributed by atoms with van der Waals surface area (Å²) in [6.07, 6.45) is 0. The summed E-state index contributed by atoms with van der Waals surface area (Å²) in [6.45, 7) is 0.588. The number of hydrogen-bond acceptors (Lipinski definition) is 4. The lowest BCUT2D eigenvalue weighted by atomic mass is 10.2. The number of hydrogen-bond donors (Lipinski definition) is 2. The summed E-state index contributed by atoms with van der Waals surface area (Å²) in [6, 6.07) is 22.2. The van der Waals surface area contributed by atoms with Crippen LogP contribution in [0.25, 0.3) is 0 Å². The number of rotatable bonds is 7. The van der Waals surface area contributed by atoms with E-state index in [0.717, 1.165) is 5.75 Å². The molecule has 3 rings (SSSR count). The van der Waals surface area contributed by atoms with Gasteiger partial charge in [-0.1, -0.05) is 42.5 Å². The van der Waals surface area contributed by atoms with Gasteiger partial charge in [0.1, 0.15) is 30.5 Å². The first-order chi connectivity index (χ1) is 14.1. The number of benzene rings is 3. The number of carbonyl (C=O) groups is 1. The van der Waals surface area contributed by atoms with Crippen LogP contribution in [0.4, 0.5) is 10.1 Å². The molecule has 0 unspecified atom stereocenters. The molecule has 0 saturated heterocycles. The summed E-state index contributed by atoms with van der Waals surface area (Å²) < 4.78 is 25.0. The average molecular weight is 410 g/mol. The first-order valence-corrected chi connectivity index (χ1v) is 9.31. The van der Waals surface area contributed by atoms with Gasteiger partial charge >= 0.3 is 0 Å². The number of nitrogens with one attached hydrogen (secondary N) is 2. The van der Waals surface area contributed by atoms with Crippen molar-refractivity contribution in [2.45, 2.75) is 0 Å². The number of halogens is 1. The summed E-state index contributed by atoms with van der Waals surface area (Å²) in [5, 5.41) is 5.18. The van der Waals surface area contributed by atoms with E-state index in [0.29, 0.717) is 17.9 Å². The lowest BCUT2D eigenvalue weighted by Crippen LogP contribution is -2.34. The Morgan fingerprint density at radius 2 is 1.52 bits per heavy atom. The summed E-state index contributed by atoms with van der Waals surface area (Å²) >= 11 is 5.10. The molecule has 1 amide bonds. The topological polar surface area (TPSA) is 59.6 Å². The lowest BCUT2D eigenvalue weighted by molar-refractivity contribution is 0.0972. The zero-order valence-corrected chi connectivity index (χ0v) is 16.2. The first kappa shape index (κ1) is 20.3. The number of para-hydroxylation sites is 3. The van der Waals surface area contributed by atoms with Gasteiger partial charge in [-0.2, -0.15) is 0 Å². The highest BCUT2D eigenvalue weighted by Gasteiger charge is 2.14. The molecule has 2 N–H and O–H groups in total. The fourth-order valence-corrected chi connectivity index (χ4v) is 2.70. The highest BCUT2D eigenvalue weighted by molar-refractivity contribution is 7.80. The first-order valence-electron chi connectivity index (χ1n) is 8.90. The number of anilines is 1. The molecule has 0 aromatic heterocycles. The smallest absolute Gasteiger partial charge is 0.261 e. The molecule has 0 radical (unpaired) electrons. The van der Waals surface area contributed by atoms with Crippen LogP contribution in [0.15, 0.2) is 78.9 Å². The normalized spacial score (nSPS) is 10.1. The van der Waals surface area contributed by atoms with Crippen molar-refractivity contribution in [1.82, 2.24) is 5.32 Å². The number of thiocarbonyl (C=S) groups is 1. The number of carbonyl (C=O) groups excluding carboxylic acids is 1. The van der Waals surface area contributed by atoms with Gasteiger partial charge in [0, 0.05) is 0 Å². The van der Waals surface area contributed by atoms with Crippen LogP contribution in [0.2, 0.25) is 0 Å². The van der Waals surface area contributed by atoms with Crippen molar-refractivity contribution in [2.75, 3.05) is 18.5 Å². The van der Waals surface area contributed by atoms with Crippen molar-refractivity contribution in [1.29, 1.82) is 0 Å². The SMILES string of the molecule is O=C(NC(=S)Nc1ccccc1F)c1ccccc1OCCOc1ccccc1. The molecular weight excluding hydrogens is 391 g/mol. The molecule has 3 aromatic carbocycles. The van der Waals surface area contributed by atoms with Crippen LogP contribution >= 0.6 is 12.2 Å². The van der Waals surface area contributed by atoms with Crippen LogP contribution in [-0.2, 0) is 0 Å². The van der Waals surface area contributed by atoms with Gasteiger partial charge in [-0.3, -0.25) is 10.1 Å². The third-order valence-corrected chi connectivity index (χ3v) is 4.04. The number of amides is 1. The van der Waals surface area contributed by atoms with Crippen molar-refractivity contribution < 1.29 is 18.7 Å². The fraction of sp³-hybridized carbons (Fsp3) is 0.0909. The van der Waals surface area contributed by atoms with E-state index < -0.39 is 11.7 Å². The van der Waals surface area contributed by atoms with Gasteiger partial charge in [0.25, 0.3) is 5.91 Å². The maximum absolute atomic E-state index is 13.7. The third-order valence-electron chi connectivity index (χ3n) is 3.83. The molecule has 7 heteroatoms. The molecule has 0 aliphatic carbocycles. The predicted molar refractivity (Wildman–Crippen MR) is 114 cm³/mol. The van der Waals surface area contributed by atoms with Gasteiger partial charge < -0.3 is 14.8 Å². The molecule has 0 saturated carbocycles. The molecule has 0 aliphatic rings. The molecular formula is C22H19FN2O3S. The zero-order chi connectivity index (χ0) is 20.5. The zero-order valence-electron chi connectivity index (χ0n) is 15.4. The third kappa shape index (κ3) is 6.02. The fourth-order valence-electron chi connectivity index (χ4n) is 2.49. The van der Waals surface area contributed by atoms with E-state index in [9.17, 15) is 9.18 Å². The van der Waals surface area contributed by atoms with Gasteiger partial charge in [-0.25, -0.2) is 4.39 Å². The van der Waals surface area contributed by atoms with Crippen LogP contribution in [0.5, 0.6) is 11.5 Å². The Bertz CT molecular complexity index is 983. The van der Waals surface area contributed by atoms with E-state index in [2.05, 4.69) is 10.6 Å². The Balaban J connectivity index is 1.55. The lowest BCUT2D eigenvalue weighted by Gasteiger charge is -2.13. The van der Waals surface area contributed by atoms with Gasteiger partial charge in [-0.05, 0) is 48.6 Å². The van der Waals surface area contributed by atoms with Crippen molar-refractivity contribution in [2.24, 2.45) is 0 Å². The van der Waals surface area contributed by atoms with E-state index >= 15 is 0 Å². The molecule has 29 heavy (non-hydrogen) atoms. The second kappa shape index (κ2) is 10.2. The summed E-state index contributed by atoms with van der Waals surface area (Å²) in [5.41, 5.74) is 0.491. The van der Waals surface area contributed by atoms with Crippen molar-refractivity contribution in [3.63, 3.8) is 0 Å². The second-order valence-electron chi connectivity index (χ2n) is 5.89. The largest absolute Gasteiger partial charge is 0.490 e. The molecule has 5 nitrogen and oxygen atoms in total. The van der Waals surface area contributed by atoms with Gasteiger partial charge in [0.2, 0.25) is 0 Å². The van der Waals surface area contributed by atoms with E-state index in [4.69, 9.17) is 21.7 Å². The van der Waals surface area contributed by atoms with Crippen LogP contribution < -0.4 is 20.1 Å². The van der Waals surface area contributed by atoms with E-state index in [1.807, 2.05) is 30.3 Å². The van der Waals surface area contributed by atoms with E-state index in [1.54, 1.807) is 36.4 Å². The number of ether oxygens (including phenoxy) is 2. The Labute approximate surface area is 173 Å². The second-order valence-corrected chi connectivity index (χ2v) is 6.30. The minimum absolute atomic E-state index is 0.0117. The monoisotopic (exact) mass is 410 g/mol. The van der Waals surface area contributed by atoms with Crippen LogP contribution in [0.3, 0.4) is 0 Å². The van der Waals surface area contributed by atoms with Gasteiger partial charge in [0.15, 0.2) is 5.11 Å². The molecule has 0 fully saturated rings. The Morgan fingerprint density at radius 3 is 2.31 bits per heavy atom. The van der Waals surface area contributed by atoms with Crippen molar-refractivity contribution >= 4 is 28.9 Å². The molecule has 0 atom stereocenters. The Kier molecular flexibility index (Phi) is 7.13. The summed E-state index contributed by atoms with van der Waals surface area (Å²) in [5.74, 6) is 0.215. The maximum atomic E-state index is 13.7. The van der Waals surface area contributed by atoms with E-state index in [-0.39, 0.29) is 17.4 Å². The standard InChI is InChI=1S/C22H19FN2O3S/c23-18-11-5-6-12-19(18)24-22(29)25-21(26)17-10-4-7-13-20(17)28-15-14-27-16-8-2-1-3-9-16/h1-13H,14-15H2,(H2,24,25,26,29). The quantitative estimate of drug-likeness (QED) is 0.446. The summed E-state index contributed by atoms with van der Waals surface area (Å²) in [7, 11) is 0.